The Bertz CT molecular complexity index is 818. The van der Waals surface area contributed by atoms with Gasteiger partial charge in [-0.1, -0.05) is 36.4 Å². The van der Waals surface area contributed by atoms with E-state index in [0.29, 0.717) is 17.1 Å². The summed E-state index contributed by atoms with van der Waals surface area (Å²) in [5.74, 6) is 1.20. The van der Waals surface area contributed by atoms with Crippen LogP contribution in [0.1, 0.15) is 5.82 Å². The third-order valence-corrected chi connectivity index (χ3v) is 3.15. The van der Waals surface area contributed by atoms with Crippen LogP contribution < -0.4 is 16.2 Å². The Hall–Kier alpha value is -3.35. The second-order valence-corrected chi connectivity index (χ2v) is 4.77. The van der Waals surface area contributed by atoms with Crippen LogP contribution in [0.3, 0.4) is 0 Å². The van der Waals surface area contributed by atoms with Gasteiger partial charge in [-0.05, 0) is 12.1 Å². The average Bonchev–Trinajstić information content (AvgIpc) is 2.53. The predicted octanol–water partition coefficient (Wildman–Crippen LogP) is 1.99. The molecule has 116 valence electrons. The number of nitrogens with zero attached hydrogens (tertiary/aromatic N) is 3. The van der Waals surface area contributed by atoms with E-state index in [1.165, 1.54) is 0 Å². The molecule has 0 aliphatic heterocycles. The molecule has 1 aromatic heterocycles. The fourth-order valence-corrected chi connectivity index (χ4v) is 2.18. The highest BCUT2D eigenvalue weighted by atomic mass is 16.5. The lowest BCUT2D eigenvalue weighted by Gasteiger charge is -2.12. The van der Waals surface area contributed by atoms with E-state index < -0.39 is 0 Å². The minimum atomic E-state index is 0.0464. The molecule has 0 unspecified atom stereocenters. The normalized spacial score (nSPS) is 10.4. The number of hydrogen-bond acceptors (Lipinski definition) is 7. The zero-order chi connectivity index (χ0) is 16.2. The smallest absolute Gasteiger partial charge is 0.225 e. The Morgan fingerprint density at radius 1 is 0.826 bits per heavy atom. The van der Waals surface area contributed by atoms with Gasteiger partial charge in [0.1, 0.15) is 18.1 Å². The lowest BCUT2D eigenvalue weighted by molar-refractivity contribution is 0.297. The van der Waals surface area contributed by atoms with E-state index in [-0.39, 0.29) is 24.3 Å². The number of nitrogen functional groups attached to an aromatic ring is 2. The molecule has 7 heteroatoms. The number of nitrogens with two attached hydrogens (primary N) is 2. The molecule has 7 nitrogen and oxygen atoms in total. The number of benzene rings is 2. The molecule has 0 aliphatic rings. The van der Waals surface area contributed by atoms with Crippen molar-refractivity contribution in [3.63, 3.8) is 0 Å². The summed E-state index contributed by atoms with van der Waals surface area (Å²) >= 11 is 0. The van der Waals surface area contributed by atoms with Crippen molar-refractivity contribution in [1.82, 2.24) is 15.0 Å². The van der Waals surface area contributed by atoms with Crippen molar-refractivity contribution in [1.29, 1.82) is 0 Å². The third-order valence-electron chi connectivity index (χ3n) is 3.15. The molecule has 0 bridgehead atoms. The zero-order valence-corrected chi connectivity index (χ0v) is 12.2. The van der Waals surface area contributed by atoms with E-state index in [1.807, 2.05) is 30.3 Å². The SMILES string of the molecule is Nc1nc(N)nc(COc2ccccc2-c2ccccc2O)n1. The van der Waals surface area contributed by atoms with Gasteiger partial charge in [0.05, 0.1) is 0 Å². The quantitative estimate of drug-likeness (QED) is 0.674. The van der Waals surface area contributed by atoms with Crippen LogP contribution in [-0.4, -0.2) is 20.1 Å². The number of anilines is 2. The second kappa shape index (κ2) is 6.18. The Morgan fingerprint density at radius 2 is 1.43 bits per heavy atom. The Labute approximate surface area is 132 Å². The first-order chi connectivity index (χ1) is 11.1. The van der Waals surface area contributed by atoms with Gasteiger partial charge in [-0.25, -0.2) is 0 Å². The number of ether oxygens (including phenoxy) is 1. The summed E-state index contributed by atoms with van der Waals surface area (Å²) in [6.07, 6.45) is 0. The molecule has 0 aliphatic carbocycles. The monoisotopic (exact) mass is 309 g/mol. The number of hydrogen-bond donors (Lipinski definition) is 3. The van der Waals surface area contributed by atoms with Gasteiger partial charge in [-0.15, -0.1) is 0 Å². The maximum atomic E-state index is 10.0. The van der Waals surface area contributed by atoms with Gasteiger partial charge < -0.3 is 21.3 Å². The highest BCUT2D eigenvalue weighted by Gasteiger charge is 2.10. The van der Waals surface area contributed by atoms with Gasteiger partial charge in [0.2, 0.25) is 11.9 Å². The fourth-order valence-electron chi connectivity index (χ4n) is 2.18. The Balaban J connectivity index is 1.88. The number of para-hydroxylation sites is 2. The van der Waals surface area contributed by atoms with Crippen LogP contribution in [0.5, 0.6) is 11.5 Å². The van der Waals surface area contributed by atoms with Crippen molar-refractivity contribution in [2.24, 2.45) is 0 Å². The Kier molecular flexibility index (Phi) is 3.92. The summed E-state index contributed by atoms with van der Waals surface area (Å²) in [5, 5.41) is 10.0. The maximum Gasteiger partial charge on any atom is 0.225 e. The fraction of sp³-hybridized carbons (Fsp3) is 0.0625. The molecule has 0 spiro atoms. The van der Waals surface area contributed by atoms with E-state index in [4.69, 9.17) is 16.2 Å². The molecule has 0 amide bonds. The summed E-state index contributed by atoms with van der Waals surface area (Å²) < 4.78 is 5.77. The zero-order valence-electron chi connectivity index (χ0n) is 12.2. The number of phenolic OH excluding ortho intramolecular Hbond substituents is 1. The summed E-state index contributed by atoms with van der Waals surface area (Å²) in [7, 11) is 0. The van der Waals surface area contributed by atoms with Crippen LogP contribution in [0.25, 0.3) is 11.1 Å². The van der Waals surface area contributed by atoms with Crippen molar-refractivity contribution < 1.29 is 9.84 Å². The van der Waals surface area contributed by atoms with Gasteiger partial charge in [0.15, 0.2) is 5.82 Å². The molecule has 0 saturated heterocycles. The minimum absolute atomic E-state index is 0.0464. The van der Waals surface area contributed by atoms with Crippen LogP contribution >= 0.6 is 0 Å². The first-order valence-electron chi connectivity index (χ1n) is 6.89. The standard InChI is InChI=1S/C16H15N5O2/c17-15-19-14(20-16(18)21-15)9-23-13-8-4-2-6-11(13)10-5-1-3-7-12(10)22/h1-8,22H,9H2,(H4,17,18,19,20,21). The van der Waals surface area contributed by atoms with E-state index >= 15 is 0 Å². The molecular weight excluding hydrogens is 294 g/mol. The van der Waals surface area contributed by atoms with E-state index in [1.54, 1.807) is 18.2 Å². The van der Waals surface area contributed by atoms with Crippen LogP contribution in [0.2, 0.25) is 0 Å². The average molecular weight is 309 g/mol. The van der Waals surface area contributed by atoms with Crippen molar-refractivity contribution in [2.45, 2.75) is 6.61 Å². The van der Waals surface area contributed by atoms with Crippen LogP contribution in [0, 0.1) is 0 Å². The van der Waals surface area contributed by atoms with E-state index in [0.717, 1.165) is 5.56 Å². The topological polar surface area (TPSA) is 120 Å². The van der Waals surface area contributed by atoms with E-state index in [9.17, 15) is 5.11 Å². The summed E-state index contributed by atoms with van der Waals surface area (Å²) in [5.41, 5.74) is 12.5. The molecule has 0 radical (unpaired) electrons. The Morgan fingerprint density at radius 3 is 2.13 bits per heavy atom. The lowest BCUT2D eigenvalue weighted by Crippen LogP contribution is -2.09. The lowest BCUT2D eigenvalue weighted by atomic mass is 10.0. The molecule has 0 fully saturated rings. The number of rotatable bonds is 4. The first-order valence-corrected chi connectivity index (χ1v) is 6.89. The van der Waals surface area contributed by atoms with Crippen LogP contribution in [0.4, 0.5) is 11.9 Å². The molecule has 0 atom stereocenters. The summed E-state index contributed by atoms with van der Waals surface area (Å²) in [6.45, 7) is 0.0849. The summed E-state index contributed by atoms with van der Waals surface area (Å²) in [6, 6.07) is 14.4. The maximum absolute atomic E-state index is 10.0. The van der Waals surface area contributed by atoms with Gasteiger partial charge in [-0.3, -0.25) is 0 Å². The third kappa shape index (κ3) is 3.29. The van der Waals surface area contributed by atoms with Gasteiger partial charge in [0.25, 0.3) is 0 Å². The van der Waals surface area contributed by atoms with Crippen LogP contribution in [0.15, 0.2) is 48.5 Å². The largest absolute Gasteiger partial charge is 0.507 e. The number of phenols is 1. The molecule has 0 saturated carbocycles. The highest BCUT2D eigenvalue weighted by molar-refractivity contribution is 5.75. The first kappa shape index (κ1) is 14.6. The van der Waals surface area contributed by atoms with Crippen molar-refractivity contribution in [3.05, 3.63) is 54.4 Å². The van der Waals surface area contributed by atoms with Crippen molar-refractivity contribution in [3.8, 4) is 22.6 Å². The molecule has 3 rings (SSSR count). The molecule has 1 heterocycles. The molecular formula is C16H15N5O2. The molecule has 3 aromatic rings. The predicted molar refractivity (Wildman–Crippen MR) is 86.5 cm³/mol. The molecule has 5 N–H and O–H groups in total. The van der Waals surface area contributed by atoms with Crippen LogP contribution in [-0.2, 0) is 6.61 Å². The number of aromatic nitrogens is 3. The van der Waals surface area contributed by atoms with Gasteiger partial charge in [0, 0.05) is 11.1 Å². The molecule has 23 heavy (non-hydrogen) atoms. The van der Waals surface area contributed by atoms with Crippen molar-refractivity contribution >= 4 is 11.9 Å². The van der Waals surface area contributed by atoms with Gasteiger partial charge in [-0.2, -0.15) is 15.0 Å². The highest BCUT2D eigenvalue weighted by Crippen LogP contribution is 2.35. The minimum Gasteiger partial charge on any atom is -0.507 e. The number of aromatic hydroxyl groups is 1. The second-order valence-electron chi connectivity index (χ2n) is 4.77. The van der Waals surface area contributed by atoms with E-state index in [2.05, 4.69) is 15.0 Å². The summed E-state index contributed by atoms with van der Waals surface area (Å²) in [4.78, 5) is 11.7. The molecule has 2 aromatic carbocycles. The van der Waals surface area contributed by atoms with Crippen molar-refractivity contribution in [2.75, 3.05) is 11.5 Å². The van der Waals surface area contributed by atoms with Gasteiger partial charge >= 0.3 is 0 Å².